The second-order valence-electron chi connectivity index (χ2n) is 8.06. The van der Waals surface area contributed by atoms with Crippen molar-refractivity contribution in [1.29, 1.82) is 0 Å². The highest BCUT2D eigenvalue weighted by molar-refractivity contribution is 5.43. The van der Waals surface area contributed by atoms with Crippen LogP contribution in [0.3, 0.4) is 0 Å². The number of likely N-dealkylation sites (tertiary alicyclic amines) is 1. The van der Waals surface area contributed by atoms with E-state index in [1.807, 2.05) is 12.1 Å². The molecule has 1 aliphatic rings. The molecule has 1 atom stereocenters. The van der Waals surface area contributed by atoms with Crippen molar-refractivity contribution in [2.45, 2.75) is 31.4 Å². The summed E-state index contributed by atoms with van der Waals surface area (Å²) in [6.07, 6.45) is 2.65. The van der Waals surface area contributed by atoms with Gasteiger partial charge >= 0.3 is 0 Å². The van der Waals surface area contributed by atoms with Crippen molar-refractivity contribution >= 4 is 0 Å². The second kappa shape index (κ2) is 12.0. The number of para-hydroxylation sites is 1. The zero-order valence-corrected chi connectivity index (χ0v) is 19.3. The van der Waals surface area contributed by atoms with Gasteiger partial charge in [0.2, 0.25) is 0 Å². The highest BCUT2D eigenvalue weighted by atomic mass is 19.1. The Morgan fingerprint density at radius 2 is 1.75 bits per heavy atom. The lowest BCUT2D eigenvalue weighted by molar-refractivity contribution is -0.0548. The molecule has 176 valence electrons. The quantitative estimate of drug-likeness (QED) is 0.479. The largest absolute Gasteiger partial charge is 0.493 e. The molecule has 1 saturated heterocycles. The molecule has 0 amide bonds. The normalized spacial score (nSPS) is 19.4. The van der Waals surface area contributed by atoms with Crippen molar-refractivity contribution < 1.29 is 28.1 Å². The lowest BCUT2D eigenvalue weighted by atomic mass is 9.95. The maximum Gasteiger partial charge on any atom is 0.165 e. The van der Waals surface area contributed by atoms with Gasteiger partial charge in [0.25, 0.3) is 0 Å². The van der Waals surface area contributed by atoms with Crippen molar-refractivity contribution in [2.75, 3.05) is 54.2 Å². The number of hydrogen-bond donors (Lipinski definition) is 0. The summed E-state index contributed by atoms with van der Waals surface area (Å²) in [5.41, 5.74) is 0.733. The second-order valence-corrected chi connectivity index (χ2v) is 8.06. The van der Waals surface area contributed by atoms with Gasteiger partial charge in [-0.05, 0) is 55.6 Å². The summed E-state index contributed by atoms with van der Waals surface area (Å²) in [5, 5.41) is 0. The number of methoxy groups -OCH3 is 3. The molecule has 32 heavy (non-hydrogen) atoms. The average molecular weight is 448 g/mol. The van der Waals surface area contributed by atoms with Crippen LogP contribution in [0.5, 0.6) is 17.2 Å². The smallest absolute Gasteiger partial charge is 0.165 e. The van der Waals surface area contributed by atoms with E-state index in [4.69, 9.17) is 23.7 Å². The molecule has 1 heterocycles. The summed E-state index contributed by atoms with van der Waals surface area (Å²) in [7, 11) is 5.01. The minimum atomic E-state index is -0.425. The van der Waals surface area contributed by atoms with Crippen molar-refractivity contribution in [3.8, 4) is 17.2 Å². The molecule has 7 heteroatoms. The molecule has 0 radical (unpaired) electrons. The van der Waals surface area contributed by atoms with Crippen molar-refractivity contribution in [3.05, 3.63) is 53.8 Å². The fourth-order valence-corrected chi connectivity index (χ4v) is 3.99. The predicted octanol–water partition coefficient (Wildman–Crippen LogP) is 4.31. The Kier molecular flexibility index (Phi) is 9.14. The third-order valence-electron chi connectivity index (χ3n) is 5.93. The monoisotopic (exact) mass is 447 g/mol. The fourth-order valence-electron chi connectivity index (χ4n) is 3.99. The molecule has 1 unspecified atom stereocenters. The van der Waals surface area contributed by atoms with Crippen molar-refractivity contribution in [1.82, 2.24) is 4.90 Å². The molecular weight excluding hydrogens is 413 g/mol. The number of nitrogens with zero attached hydrogens (tertiary/aromatic N) is 1. The summed E-state index contributed by atoms with van der Waals surface area (Å²) in [6.45, 7) is 3.94. The highest BCUT2D eigenvalue weighted by Crippen LogP contribution is 2.31. The Morgan fingerprint density at radius 3 is 2.50 bits per heavy atom. The van der Waals surface area contributed by atoms with Gasteiger partial charge in [-0.25, -0.2) is 4.39 Å². The molecule has 0 N–H and O–H groups in total. The Balaban J connectivity index is 1.60. The van der Waals surface area contributed by atoms with E-state index in [2.05, 4.69) is 11.0 Å². The standard InChI is InChI=1S/C25H34FNO5/c1-28-15-16-31-24-17-20(9-10-23(24)29-2)18-27-13-6-11-25(30-3,12-14-27)19-32-22-8-5-4-7-21(22)26/h4-5,7-10,17H,6,11-16,18-19H2,1-3H3. The summed E-state index contributed by atoms with van der Waals surface area (Å²) < 4.78 is 42.0. The van der Waals surface area contributed by atoms with Crippen LogP contribution >= 0.6 is 0 Å². The zero-order valence-electron chi connectivity index (χ0n) is 19.3. The average Bonchev–Trinajstić information content (AvgIpc) is 3.02. The summed E-state index contributed by atoms with van der Waals surface area (Å²) in [4.78, 5) is 2.41. The zero-order chi connectivity index (χ0) is 22.8. The number of ether oxygens (including phenoxy) is 5. The van der Waals surface area contributed by atoms with E-state index in [9.17, 15) is 4.39 Å². The van der Waals surface area contributed by atoms with Crippen LogP contribution in [0.1, 0.15) is 24.8 Å². The Labute approximate surface area is 190 Å². The van der Waals surface area contributed by atoms with Crippen molar-refractivity contribution in [3.63, 3.8) is 0 Å². The fraction of sp³-hybridized carbons (Fsp3) is 0.520. The van der Waals surface area contributed by atoms with E-state index in [-0.39, 0.29) is 11.6 Å². The Bertz CT molecular complexity index is 849. The van der Waals surface area contributed by atoms with Crippen LogP contribution in [0.4, 0.5) is 4.39 Å². The highest BCUT2D eigenvalue weighted by Gasteiger charge is 2.34. The third kappa shape index (κ3) is 6.58. The lowest BCUT2D eigenvalue weighted by Gasteiger charge is -2.31. The van der Waals surface area contributed by atoms with E-state index < -0.39 is 5.60 Å². The van der Waals surface area contributed by atoms with Gasteiger partial charge < -0.3 is 23.7 Å². The van der Waals surface area contributed by atoms with Gasteiger partial charge in [-0.1, -0.05) is 18.2 Å². The first kappa shape index (κ1) is 24.3. The van der Waals surface area contributed by atoms with E-state index in [1.165, 1.54) is 6.07 Å². The molecule has 0 spiro atoms. The molecule has 3 rings (SSSR count). The van der Waals surface area contributed by atoms with Gasteiger partial charge in [-0.3, -0.25) is 4.90 Å². The molecule has 2 aromatic rings. The van der Waals surface area contributed by atoms with Gasteiger partial charge in [0.05, 0.1) is 13.7 Å². The van der Waals surface area contributed by atoms with Crippen LogP contribution in [0.2, 0.25) is 0 Å². The SMILES string of the molecule is COCCOc1cc(CN2CCCC(COc3ccccc3F)(OC)CC2)ccc1OC. The van der Waals surface area contributed by atoms with E-state index in [1.54, 1.807) is 39.5 Å². The topological polar surface area (TPSA) is 49.4 Å². The van der Waals surface area contributed by atoms with E-state index >= 15 is 0 Å². The van der Waals surface area contributed by atoms with Gasteiger partial charge in [0, 0.05) is 27.3 Å². The van der Waals surface area contributed by atoms with Gasteiger partial charge in [-0.2, -0.15) is 0 Å². The minimum absolute atomic E-state index is 0.268. The summed E-state index contributed by atoms with van der Waals surface area (Å²) >= 11 is 0. The minimum Gasteiger partial charge on any atom is -0.493 e. The Hall–Kier alpha value is -2.35. The number of rotatable bonds is 11. The maximum atomic E-state index is 13.9. The molecule has 1 aliphatic heterocycles. The number of hydrogen-bond acceptors (Lipinski definition) is 6. The van der Waals surface area contributed by atoms with Crippen LogP contribution in [-0.2, 0) is 16.0 Å². The molecule has 0 aliphatic carbocycles. The van der Waals surface area contributed by atoms with E-state index in [0.717, 1.165) is 50.2 Å². The van der Waals surface area contributed by atoms with E-state index in [0.29, 0.717) is 25.6 Å². The first-order valence-corrected chi connectivity index (χ1v) is 11.0. The van der Waals surface area contributed by atoms with Crippen molar-refractivity contribution in [2.24, 2.45) is 0 Å². The van der Waals surface area contributed by atoms with Crippen LogP contribution in [0, 0.1) is 5.82 Å². The molecular formula is C25H34FNO5. The molecule has 1 fully saturated rings. The Morgan fingerprint density at radius 1 is 0.906 bits per heavy atom. The molecule has 6 nitrogen and oxygen atoms in total. The molecule has 2 aromatic carbocycles. The van der Waals surface area contributed by atoms with Crippen LogP contribution < -0.4 is 14.2 Å². The number of halogens is 1. The molecule has 0 aromatic heterocycles. The summed E-state index contributed by atoms with van der Waals surface area (Å²) in [6, 6.07) is 12.5. The maximum absolute atomic E-state index is 13.9. The van der Waals surface area contributed by atoms with Gasteiger partial charge in [-0.15, -0.1) is 0 Å². The molecule has 0 saturated carbocycles. The predicted molar refractivity (Wildman–Crippen MR) is 121 cm³/mol. The van der Waals surface area contributed by atoms with Crippen LogP contribution in [-0.4, -0.2) is 64.7 Å². The lowest BCUT2D eigenvalue weighted by Crippen LogP contribution is -2.39. The third-order valence-corrected chi connectivity index (χ3v) is 5.93. The number of benzene rings is 2. The van der Waals surface area contributed by atoms with Gasteiger partial charge in [0.15, 0.2) is 23.1 Å². The van der Waals surface area contributed by atoms with Crippen LogP contribution in [0.25, 0.3) is 0 Å². The van der Waals surface area contributed by atoms with Crippen LogP contribution in [0.15, 0.2) is 42.5 Å². The van der Waals surface area contributed by atoms with Gasteiger partial charge in [0.1, 0.15) is 18.8 Å². The summed E-state index contributed by atoms with van der Waals surface area (Å²) in [5.74, 6) is 1.35. The molecule has 0 bridgehead atoms. The first-order valence-electron chi connectivity index (χ1n) is 11.0. The first-order chi connectivity index (χ1) is 15.6.